The summed E-state index contributed by atoms with van der Waals surface area (Å²) in [6.45, 7) is 4.30. The number of phosphoric ester groups is 1. The van der Waals surface area contributed by atoms with E-state index in [0.29, 0.717) is 17.4 Å². The molecule has 0 bridgehead atoms. The molecule has 0 aliphatic rings. The maximum Gasteiger partial charge on any atom is 0.472 e. The van der Waals surface area contributed by atoms with Crippen LogP contribution in [0.2, 0.25) is 0 Å². The Balaban J connectivity index is 4.02. The SMILES string of the molecule is CC/C=C\C/C=C\C/C=C\C/C=C\C/C=C\C/C=C\CCCCCCCCCCCCCCCCCCCCC(=O)OC(COC(=O)CCCCCCCCC/C=C\C/C=C\CCCCC)COP(=O)(O)OCC[N+](C)(C)C. The highest BCUT2D eigenvalue weighted by Crippen LogP contribution is 2.43. The van der Waals surface area contributed by atoms with Crippen molar-refractivity contribution in [1.29, 1.82) is 0 Å². The number of rotatable bonds is 58. The van der Waals surface area contributed by atoms with Gasteiger partial charge in [-0.15, -0.1) is 0 Å². The molecule has 9 nitrogen and oxygen atoms in total. The van der Waals surface area contributed by atoms with Gasteiger partial charge in [-0.1, -0.05) is 259 Å². The number of unbranched alkanes of at least 4 members (excludes halogenated alkanes) is 28. The molecule has 0 fully saturated rings. The van der Waals surface area contributed by atoms with Gasteiger partial charge in [0, 0.05) is 12.8 Å². The molecule has 2 atom stereocenters. The van der Waals surface area contributed by atoms with Crippen LogP contribution in [0, 0.1) is 0 Å². The minimum absolute atomic E-state index is 0.0283. The van der Waals surface area contributed by atoms with E-state index < -0.39 is 26.5 Å². The molecule has 0 aliphatic carbocycles. The number of hydrogen-bond acceptors (Lipinski definition) is 7. The molecule has 0 aromatic rings. The first-order valence-corrected chi connectivity index (χ1v) is 33.5. The molecule has 78 heavy (non-hydrogen) atoms. The second-order valence-electron chi connectivity index (χ2n) is 22.4. The van der Waals surface area contributed by atoms with E-state index in [4.69, 9.17) is 18.5 Å². The van der Waals surface area contributed by atoms with Crippen molar-refractivity contribution in [3.8, 4) is 0 Å². The third-order valence-electron chi connectivity index (χ3n) is 13.6. The molecule has 0 amide bonds. The van der Waals surface area contributed by atoms with Gasteiger partial charge in [-0.3, -0.25) is 18.6 Å². The summed E-state index contributed by atoms with van der Waals surface area (Å²) in [5.41, 5.74) is 0. The Hall–Kier alpha value is -3.07. The zero-order valence-electron chi connectivity index (χ0n) is 51.1. The number of allylic oxidation sites excluding steroid dienone is 16. The fourth-order valence-electron chi connectivity index (χ4n) is 8.70. The third kappa shape index (κ3) is 62.1. The Morgan fingerprint density at radius 1 is 0.410 bits per heavy atom. The summed E-state index contributed by atoms with van der Waals surface area (Å²) < 4.78 is 34.6. The highest BCUT2D eigenvalue weighted by atomic mass is 31.2. The number of nitrogens with zero attached hydrogens (tertiary/aromatic N) is 1. The Labute approximate surface area is 481 Å². The second-order valence-corrected chi connectivity index (χ2v) is 23.9. The largest absolute Gasteiger partial charge is 0.472 e. The van der Waals surface area contributed by atoms with E-state index in [-0.39, 0.29) is 32.0 Å². The Kier molecular flexibility index (Phi) is 56.3. The smallest absolute Gasteiger partial charge is 0.462 e. The minimum atomic E-state index is -4.39. The molecule has 10 heteroatoms. The van der Waals surface area contributed by atoms with E-state index in [0.717, 1.165) is 89.9 Å². The number of esters is 2. The normalized spacial score (nSPS) is 13.9. The Bertz CT molecular complexity index is 1640. The van der Waals surface area contributed by atoms with Crippen LogP contribution in [-0.4, -0.2) is 74.9 Å². The predicted octanol–water partition coefficient (Wildman–Crippen LogP) is 20.4. The first kappa shape index (κ1) is 74.9. The number of hydrogen-bond donors (Lipinski definition) is 1. The summed E-state index contributed by atoms with van der Waals surface area (Å²) in [4.78, 5) is 35.7. The van der Waals surface area contributed by atoms with Crippen molar-refractivity contribution in [3.05, 3.63) is 97.2 Å². The minimum Gasteiger partial charge on any atom is -0.462 e. The predicted molar refractivity (Wildman–Crippen MR) is 335 cm³/mol. The van der Waals surface area contributed by atoms with Crippen LogP contribution < -0.4 is 0 Å². The van der Waals surface area contributed by atoms with Gasteiger partial charge in [0.25, 0.3) is 0 Å². The van der Waals surface area contributed by atoms with Gasteiger partial charge in [0.05, 0.1) is 27.7 Å². The van der Waals surface area contributed by atoms with Crippen molar-refractivity contribution in [2.45, 2.75) is 277 Å². The number of quaternary nitrogens is 1. The van der Waals surface area contributed by atoms with Crippen LogP contribution in [0.25, 0.3) is 0 Å². The van der Waals surface area contributed by atoms with E-state index in [9.17, 15) is 19.0 Å². The van der Waals surface area contributed by atoms with Crippen LogP contribution in [-0.2, 0) is 32.7 Å². The van der Waals surface area contributed by atoms with E-state index in [2.05, 4.69) is 111 Å². The van der Waals surface area contributed by atoms with Crippen LogP contribution in [0.4, 0.5) is 0 Å². The zero-order chi connectivity index (χ0) is 57.0. The molecule has 0 spiro atoms. The number of carbonyl (C=O) groups is 2. The van der Waals surface area contributed by atoms with E-state index >= 15 is 0 Å². The number of likely N-dealkylation sites (N-methyl/N-ethyl adjacent to an activating group) is 1. The zero-order valence-corrected chi connectivity index (χ0v) is 52.0. The highest BCUT2D eigenvalue weighted by Gasteiger charge is 2.27. The summed E-state index contributed by atoms with van der Waals surface area (Å²) in [6.07, 6.45) is 80.7. The molecular formula is C68H121NO8P+. The van der Waals surface area contributed by atoms with E-state index in [1.165, 1.54) is 148 Å². The maximum absolute atomic E-state index is 12.8. The lowest BCUT2D eigenvalue weighted by atomic mass is 10.0. The monoisotopic (exact) mass is 1110 g/mol. The molecule has 0 rings (SSSR count). The molecule has 450 valence electrons. The Morgan fingerprint density at radius 2 is 0.731 bits per heavy atom. The molecule has 0 saturated heterocycles. The molecule has 0 heterocycles. The standard InChI is InChI=1S/C68H120NO8P/c1-6-8-10-12-14-16-18-20-22-24-25-26-27-28-29-30-31-32-33-34-35-36-37-38-39-40-41-42-43-45-47-49-51-53-55-57-59-61-68(71)77-66(65-76-78(72,73)75-63-62-69(3,4)5)64-74-67(70)60-58-56-54-52-50-48-46-44-23-21-19-17-15-13-11-9-7-2/h8,10,14-17,20-23,25-26,28-29,31-32,66H,6-7,9,11-13,18-19,24,27,30,33-65H2,1-5H3/p+1/b10-8-,16-14-,17-15-,22-20-,23-21-,26-25-,29-28-,32-31-. The second kappa shape index (κ2) is 58.6. The van der Waals surface area contributed by atoms with Crippen LogP contribution in [0.5, 0.6) is 0 Å². The topological polar surface area (TPSA) is 108 Å². The molecular weight excluding hydrogens is 990 g/mol. The average Bonchev–Trinajstić information content (AvgIpc) is 3.41. The van der Waals surface area contributed by atoms with Crippen molar-refractivity contribution in [2.24, 2.45) is 0 Å². The number of carbonyl (C=O) groups excluding carboxylic acids is 2. The molecule has 0 radical (unpaired) electrons. The third-order valence-corrected chi connectivity index (χ3v) is 14.6. The van der Waals surface area contributed by atoms with Crippen LogP contribution in [0.15, 0.2) is 97.2 Å². The summed E-state index contributed by atoms with van der Waals surface area (Å²) in [5.74, 6) is -0.802. The molecule has 0 aromatic heterocycles. The van der Waals surface area contributed by atoms with Crippen molar-refractivity contribution in [3.63, 3.8) is 0 Å². The molecule has 0 aromatic carbocycles. The van der Waals surface area contributed by atoms with Crippen LogP contribution >= 0.6 is 7.82 Å². The fourth-order valence-corrected chi connectivity index (χ4v) is 9.44. The number of phosphoric acid groups is 1. The fraction of sp³-hybridized carbons (Fsp3) is 0.735. The molecule has 1 N–H and O–H groups in total. The Morgan fingerprint density at radius 3 is 1.09 bits per heavy atom. The number of ether oxygens (including phenoxy) is 2. The molecule has 0 aliphatic heterocycles. The van der Waals surface area contributed by atoms with Crippen LogP contribution in [0.1, 0.15) is 271 Å². The van der Waals surface area contributed by atoms with Crippen molar-refractivity contribution < 1.29 is 42.1 Å². The maximum atomic E-state index is 12.8. The van der Waals surface area contributed by atoms with Gasteiger partial charge in [0.2, 0.25) is 0 Å². The van der Waals surface area contributed by atoms with Gasteiger partial charge in [0.1, 0.15) is 19.8 Å². The van der Waals surface area contributed by atoms with E-state index in [1.807, 2.05) is 21.1 Å². The quantitative estimate of drug-likeness (QED) is 0.0211. The lowest BCUT2D eigenvalue weighted by Gasteiger charge is -2.24. The first-order valence-electron chi connectivity index (χ1n) is 32.0. The lowest BCUT2D eigenvalue weighted by molar-refractivity contribution is -0.870. The van der Waals surface area contributed by atoms with Gasteiger partial charge in [-0.05, 0) is 96.3 Å². The summed E-state index contributed by atoms with van der Waals surface area (Å²) in [6, 6.07) is 0. The summed E-state index contributed by atoms with van der Waals surface area (Å²) in [5, 5.41) is 0. The average molecular weight is 1110 g/mol. The van der Waals surface area contributed by atoms with Crippen molar-refractivity contribution >= 4 is 19.8 Å². The van der Waals surface area contributed by atoms with E-state index in [1.54, 1.807) is 0 Å². The van der Waals surface area contributed by atoms with Crippen molar-refractivity contribution in [2.75, 3.05) is 47.5 Å². The lowest BCUT2D eigenvalue weighted by Crippen LogP contribution is -2.37. The van der Waals surface area contributed by atoms with Gasteiger partial charge >= 0.3 is 19.8 Å². The first-order chi connectivity index (χ1) is 38.0. The molecule has 2 unspecified atom stereocenters. The molecule has 0 saturated carbocycles. The van der Waals surface area contributed by atoms with Crippen molar-refractivity contribution in [1.82, 2.24) is 0 Å². The van der Waals surface area contributed by atoms with Gasteiger partial charge in [0.15, 0.2) is 6.10 Å². The van der Waals surface area contributed by atoms with Gasteiger partial charge in [-0.2, -0.15) is 0 Å². The van der Waals surface area contributed by atoms with Gasteiger partial charge < -0.3 is 18.9 Å². The highest BCUT2D eigenvalue weighted by molar-refractivity contribution is 7.47. The van der Waals surface area contributed by atoms with Crippen LogP contribution in [0.3, 0.4) is 0 Å². The van der Waals surface area contributed by atoms with Gasteiger partial charge in [-0.25, -0.2) is 4.57 Å². The summed E-state index contributed by atoms with van der Waals surface area (Å²) >= 11 is 0. The summed E-state index contributed by atoms with van der Waals surface area (Å²) in [7, 11) is 1.47.